The molecule has 0 aromatic heterocycles. The van der Waals surface area contributed by atoms with Crippen LogP contribution in [0.25, 0.3) is 0 Å². The maximum atomic E-state index is 9.88. The van der Waals surface area contributed by atoms with Crippen LogP contribution in [-0.2, 0) is 0 Å². The summed E-state index contributed by atoms with van der Waals surface area (Å²) in [5.41, 5.74) is 1.16. The first-order valence-electron chi connectivity index (χ1n) is 6.94. The first kappa shape index (κ1) is 17.4. The molecule has 20 heavy (non-hydrogen) atoms. The van der Waals surface area contributed by atoms with E-state index in [4.69, 9.17) is 9.84 Å². The Bertz CT molecular complexity index is 401. The predicted octanol–water partition coefficient (Wildman–Crippen LogP) is 2.25. The van der Waals surface area contributed by atoms with Crippen LogP contribution in [0.2, 0.25) is 0 Å². The number of rotatable bonds is 9. The van der Waals surface area contributed by atoms with Crippen molar-refractivity contribution in [2.75, 3.05) is 19.8 Å². The van der Waals surface area contributed by atoms with Gasteiger partial charge in [-0.25, -0.2) is 0 Å². The number of aliphatic hydroxyl groups excluding tert-OH is 2. The Morgan fingerprint density at radius 1 is 1.40 bits per heavy atom. The minimum atomic E-state index is -0.556. The molecular formula is C15H24BrNO3. The Hall–Kier alpha value is -0.620. The quantitative estimate of drug-likeness (QED) is 0.642. The monoisotopic (exact) mass is 345 g/mol. The lowest BCUT2D eigenvalue weighted by Crippen LogP contribution is -2.36. The van der Waals surface area contributed by atoms with E-state index in [0.717, 1.165) is 28.6 Å². The molecule has 0 spiro atoms. The molecule has 3 N–H and O–H groups in total. The van der Waals surface area contributed by atoms with Gasteiger partial charge in [0.1, 0.15) is 18.5 Å². The Morgan fingerprint density at radius 2 is 2.15 bits per heavy atom. The third-order valence-electron chi connectivity index (χ3n) is 3.02. The number of aryl methyl sites for hydroxylation is 1. The topological polar surface area (TPSA) is 61.7 Å². The van der Waals surface area contributed by atoms with Gasteiger partial charge in [0.05, 0.1) is 4.47 Å². The fourth-order valence-corrected chi connectivity index (χ4v) is 2.41. The van der Waals surface area contributed by atoms with Crippen molar-refractivity contribution in [1.82, 2.24) is 5.32 Å². The van der Waals surface area contributed by atoms with Crippen LogP contribution in [0.15, 0.2) is 22.7 Å². The number of benzene rings is 1. The zero-order valence-electron chi connectivity index (χ0n) is 12.1. The fourth-order valence-electron chi connectivity index (χ4n) is 1.80. The average molecular weight is 346 g/mol. The molecule has 0 aliphatic carbocycles. The van der Waals surface area contributed by atoms with Crippen molar-refractivity contribution in [2.24, 2.45) is 0 Å². The van der Waals surface area contributed by atoms with Crippen molar-refractivity contribution in [1.29, 1.82) is 0 Å². The van der Waals surface area contributed by atoms with E-state index in [-0.39, 0.29) is 19.3 Å². The summed E-state index contributed by atoms with van der Waals surface area (Å²) in [6.07, 6.45) is 1.12. The highest BCUT2D eigenvalue weighted by atomic mass is 79.9. The Kier molecular flexibility index (Phi) is 8.14. The lowest BCUT2D eigenvalue weighted by Gasteiger charge is -2.17. The Morgan fingerprint density at radius 3 is 2.80 bits per heavy atom. The van der Waals surface area contributed by atoms with Gasteiger partial charge in [0.2, 0.25) is 0 Å². The van der Waals surface area contributed by atoms with E-state index in [1.54, 1.807) is 0 Å². The average Bonchev–Trinajstić information content (AvgIpc) is 2.41. The second-order valence-electron chi connectivity index (χ2n) is 5.07. The van der Waals surface area contributed by atoms with Crippen molar-refractivity contribution < 1.29 is 14.9 Å². The molecule has 2 atom stereocenters. The van der Waals surface area contributed by atoms with Gasteiger partial charge in [0.15, 0.2) is 0 Å². The Labute approximate surface area is 129 Å². The maximum absolute atomic E-state index is 9.88. The van der Waals surface area contributed by atoms with Crippen LogP contribution in [0.4, 0.5) is 0 Å². The lowest BCUT2D eigenvalue weighted by atomic mass is 10.2. The standard InChI is InChI=1S/C15H24BrNO3/c1-11-5-6-15(14(16)8-11)20-10-13(19)9-17-12(2)4-3-7-18/h5-6,8,12-13,17-19H,3-4,7,9-10H2,1-2H3. The molecular weight excluding hydrogens is 322 g/mol. The van der Waals surface area contributed by atoms with Crippen molar-refractivity contribution in [3.63, 3.8) is 0 Å². The number of hydrogen-bond donors (Lipinski definition) is 3. The van der Waals surface area contributed by atoms with Crippen LogP contribution < -0.4 is 10.1 Å². The van der Waals surface area contributed by atoms with Gasteiger partial charge < -0.3 is 20.3 Å². The normalized spacial score (nSPS) is 14.1. The zero-order valence-corrected chi connectivity index (χ0v) is 13.7. The highest BCUT2D eigenvalue weighted by molar-refractivity contribution is 9.10. The van der Waals surface area contributed by atoms with Crippen LogP contribution in [0.3, 0.4) is 0 Å². The summed E-state index contributed by atoms with van der Waals surface area (Å²) >= 11 is 3.44. The summed E-state index contributed by atoms with van der Waals surface area (Å²) < 4.78 is 6.49. The van der Waals surface area contributed by atoms with Gasteiger partial charge >= 0.3 is 0 Å². The highest BCUT2D eigenvalue weighted by Crippen LogP contribution is 2.25. The van der Waals surface area contributed by atoms with Crippen molar-refractivity contribution in [3.05, 3.63) is 28.2 Å². The van der Waals surface area contributed by atoms with Crippen molar-refractivity contribution in [2.45, 2.75) is 38.8 Å². The fraction of sp³-hybridized carbons (Fsp3) is 0.600. The molecule has 1 aromatic rings. The molecule has 0 radical (unpaired) electrons. The van der Waals surface area contributed by atoms with E-state index in [1.807, 2.05) is 32.0 Å². The second kappa shape index (κ2) is 9.34. The maximum Gasteiger partial charge on any atom is 0.133 e. The molecule has 0 saturated heterocycles. The summed E-state index contributed by atoms with van der Waals surface area (Å²) in [5.74, 6) is 0.739. The number of hydrogen-bond acceptors (Lipinski definition) is 4. The summed E-state index contributed by atoms with van der Waals surface area (Å²) in [4.78, 5) is 0. The second-order valence-corrected chi connectivity index (χ2v) is 5.93. The first-order chi connectivity index (χ1) is 9.52. The minimum Gasteiger partial charge on any atom is -0.490 e. The van der Waals surface area contributed by atoms with Gasteiger partial charge in [0.25, 0.3) is 0 Å². The van der Waals surface area contributed by atoms with Gasteiger partial charge in [-0.3, -0.25) is 0 Å². The van der Waals surface area contributed by atoms with Gasteiger partial charge in [-0.1, -0.05) is 6.07 Å². The van der Waals surface area contributed by atoms with Crippen LogP contribution in [-0.4, -0.2) is 42.1 Å². The molecule has 0 aliphatic heterocycles. The smallest absolute Gasteiger partial charge is 0.133 e. The summed E-state index contributed by atoms with van der Waals surface area (Å²) in [6.45, 7) is 5.00. The molecule has 0 fully saturated rings. The summed E-state index contributed by atoms with van der Waals surface area (Å²) in [7, 11) is 0. The SMILES string of the molecule is Cc1ccc(OCC(O)CNC(C)CCCO)c(Br)c1. The molecule has 4 nitrogen and oxygen atoms in total. The third kappa shape index (κ3) is 6.70. The molecule has 0 heterocycles. The largest absolute Gasteiger partial charge is 0.490 e. The molecule has 1 aromatic carbocycles. The van der Waals surface area contributed by atoms with E-state index in [2.05, 4.69) is 21.2 Å². The first-order valence-corrected chi connectivity index (χ1v) is 7.73. The summed E-state index contributed by atoms with van der Waals surface area (Å²) in [6, 6.07) is 6.13. The molecule has 0 saturated carbocycles. The summed E-state index contributed by atoms with van der Waals surface area (Å²) in [5, 5.41) is 21.8. The number of ether oxygens (including phenoxy) is 1. The number of nitrogens with one attached hydrogen (secondary N) is 1. The Balaban J connectivity index is 2.27. The number of aliphatic hydroxyl groups is 2. The van der Waals surface area contributed by atoms with Crippen LogP contribution in [0.1, 0.15) is 25.3 Å². The van der Waals surface area contributed by atoms with E-state index in [1.165, 1.54) is 0 Å². The van der Waals surface area contributed by atoms with E-state index < -0.39 is 6.10 Å². The van der Waals surface area contributed by atoms with Crippen molar-refractivity contribution >= 4 is 15.9 Å². The van der Waals surface area contributed by atoms with E-state index in [0.29, 0.717) is 6.54 Å². The van der Waals surface area contributed by atoms with E-state index in [9.17, 15) is 5.11 Å². The lowest BCUT2D eigenvalue weighted by molar-refractivity contribution is 0.103. The molecule has 5 heteroatoms. The third-order valence-corrected chi connectivity index (χ3v) is 3.64. The van der Waals surface area contributed by atoms with Crippen LogP contribution in [0, 0.1) is 6.92 Å². The number of halogens is 1. The van der Waals surface area contributed by atoms with Crippen LogP contribution >= 0.6 is 15.9 Å². The van der Waals surface area contributed by atoms with Crippen LogP contribution in [0.5, 0.6) is 5.75 Å². The minimum absolute atomic E-state index is 0.207. The van der Waals surface area contributed by atoms with Gasteiger partial charge in [-0.05, 0) is 60.3 Å². The molecule has 0 aliphatic rings. The molecule has 1 rings (SSSR count). The highest BCUT2D eigenvalue weighted by Gasteiger charge is 2.09. The zero-order chi connectivity index (χ0) is 15.0. The van der Waals surface area contributed by atoms with Gasteiger partial charge in [-0.15, -0.1) is 0 Å². The predicted molar refractivity (Wildman–Crippen MR) is 84.2 cm³/mol. The van der Waals surface area contributed by atoms with E-state index >= 15 is 0 Å². The van der Waals surface area contributed by atoms with Crippen molar-refractivity contribution in [3.8, 4) is 5.75 Å². The molecule has 0 amide bonds. The molecule has 114 valence electrons. The van der Waals surface area contributed by atoms with Gasteiger partial charge in [0, 0.05) is 19.2 Å². The van der Waals surface area contributed by atoms with Gasteiger partial charge in [-0.2, -0.15) is 0 Å². The molecule has 2 unspecified atom stereocenters. The molecule has 0 bridgehead atoms.